The van der Waals surface area contributed by atoms with Crippen LogP contribution in [0.1, 0.15) is 226 Å². The van der Waals surface area contributed by atoms with Crippen LogP contribution in [0.3, 0.4) is 0 Å². The maximum Gasteiger partial charge on any atom is 0.472 e. The Labute approximate surface area is 372 Å². The first kappa shape index (κ1) is 58.7. The minimum absolute atomic E-state index is 0.0872. The largest absolute Gasteiger partial charge is 0.472 e. The molecular formula is C51H99NO7P+. The van der Waals surface area contributed by atoms with E-state index in [-0.39, 0.29) is 25.8 Å². The number of unbranched alkanes of at least 4 members (excludes halogenated alkanes) is 27. The Morgan fingerprint density at radius 2 is 0.917 bits per heavy atom. The molecule has 2 unspecified atom stereocenters. The Kier molecular flexibility index (Phi) is 43.4. The number of carbonyl (C=O) groups is 1. The molecule has 0 fully saturated rings. The number of hydrogen-bond donors (Lipinski definition) is 1. The van der Waals surface area contributed by atoms with Crippen LogP contribution in [0.2, 0.25) is 0 Å². The number of carbonyl (C=O) groups excluding carboxylic acids is 1. The summed E-state index contributed by atoms with van der Waals surface area (Å²) in [5.74, 6) is -0.321. The van der Waals surface area contributed by atoms with Crippen molar-refractivity contribution in [3.8, 4) is 0 Å². The molecule has 0 aliphatic carbocycles. The molecule has 9 heteroatoms. The average molecular weight is 869 g/mol. The highest BCUT2D eigenvalue weighted by Gasteiger charge is 2.26. The number of esters is 1. The van der Waals surface area contributed by atoms with Gasteiger partial charge in [-0.1, -0.05) is 185 Å². The Hall–Kier alpha value is -1.28. The second kappa shape index (κ2) is 44.3. The van der Waals surface area contributed by atoms with Crippen LogP contribution < -0.4 is 0 Å². The first-order chi connectivity index (χ1) is 29.1. The van der Waals surface area contributed by atoms with Crippen molar-refractivity contribution < 1.29 is 37.3 Å². The van der Waals surface area contributed by atoms with Gasteiger partial charge in [-0.2, -0.15) is 0 Å². The van der Waals surface area contributed by atoms with Crippen molar-refractivity contribution in [3.63, 3.8) is 0 Å². The van der Waals surface area contributed by atoms with E-state index in [1.807, 2.05) is 21.1 Å². The number of phosphoric acid groups is 1. The first-order valence-corrected chi connectivity index (χ1v) is 26.7. The van der Waals surface area contributed by atoms with Crippen LogP contribution in [0.4, 0.5) is 0 Å². The van der Waals surface area contributed by atoms with Crippen molar-refractivity contribution in [2.75, 3.05) is 54.1 Å². The molecule has 2 atom stereocenters. The molecule has 354 valence electrons. The number of allylic oxidation sites excluding steroid dienone is 6. The van der Waals surface area contributed by atoms with E-state index in [4.69, 9.17) is 18.5 Å². The standard InChI is InChI=1S/C51H98NO7P/c1-6-8-10-12-14-16-18-20-22-23-24-25-26-27-28-29-30-31-33-35-37-39-41-43-46-56-48-50(49-58-60(54,55)57-47-45-52(3,4)5)59-51(53)44-42-40-38-36-34-32-21-19-17-15-13-11-9-7-2/h18-21,23-24,50H,6-17,22,25-49H2,1-5H3/p+1/b20-18-,21-19-,24-23-. The van der Waals surface area contributed by atoms with Crippen molar-refractivity contribution in [1.82, 2.24) is 0 Å². The zero-order valence-electron chi connectivity index (χ0n) is 40.2. The summed E-state index contributed by atoms with van der Waals surface area (Å²) in [5.41, 5.74) is 0. The molecule has 8 nitrogen and oxygen atoms in total. The second-order valence-electron chi connectivity index (χ2n) is 18.2. The molecule has 0 aliphatic heterocycles. The third-order valence-electron chi connectivity index (χ3n) is 10.9. The van der Waals surface area contributed by atoms with E-state index in [9.17, 15) is 14.3 Å². The van der Waals surface area contributed by atoms with Crippen molar-refractivity contribution >= 4 is 13.8 Å². The van der Waals surface area contributed by atoms with Crippen LogP contribution in [0.25, 0.3) is 0 Å². The fourth-order valence-electron chi connectivity index (χ4n) is 6.99. The van der Waals surface area contributed by atoms with Crippen molar-refractivity contribution in [3.05, 3.63) is 36.5 Å². The average Bonchev–Trinajstić information content (AvgIpc) is 3.20. The Morgan fingerprint density at radius 3 is 1.37 bits per heavy atom. The molecule has 0 aromatic heterocycles. The smallest absolute Gasteiger partial charge is 0.457 e. The predicted octanol–water partition coefficient (Wildman–Crippen LogP) is 15.3. The van der Waals surface area contributed by atoms with Gasteiger partial charge in [0, 0.05) is 13.0 Å². The third kappa shape index (κ3) is 47.8. The molecule has 0 heterocycles. The molecule has 0 aliphatic rings. The molecule has 0 bridgehead atoms. The van der Waals surface area contributed by atoms with Gasteiger partial charge in [-0.15, -0.1) is 0 Å². The predicted molar refractivity (Wildman–Crippen MR) is 256 cm³/mol. The summed E-state index contributed by atoms with van der Waals surface area (Å²) < 4.78 is 35.1. The Morgan fingerprint density at radius 1 is 0.517 bits per heavy atom. The van der Waals surface area contributed by atoms with Gasteiger partial charge in [-0.25, -0.2) is 4.57 Å². The summed E-state index contributed by atoms with van der Waals surface area (Å²) in [7, 11) is 1.67. The Balaban J connectivity index is 4.10. The van der Waals surface area contributed by atoms with Crippen molar-refractivity contribution in [2.45, 2.75) is 232 Å². The SMILES string of the molecule is CCCCCCC/C=C\C/C=C\CCCCCCCCCCCCCCOCC(COP(=O)(O)OCC[N+](C)(C)C)OC(=O)CCCCCCC/C=C\CCCCCCC. The van der Waals surface area contributed by atoms with E-state index in [1.165, 1.54) is 154 Å². The summed E-state index contributed by atoms with van der Waals surface area (Å²) in [6, 6.07) is 0. The number of phosphoric ester groups is 1. The summed E-state index contributed by atoms with van der Waals surface area (Å²) >= 11 is 0. The lowest BCUT2D eigenvalue weighted by molar-refractivity contribution is -0.870. The molecule has 0 saturated carbocycles. The monoisotopic (exact) mass is 869 g/mol. The lowest BCUT2D eigenvalue weighted by Gasteiger charge is -2.24. The number of ether oxygens (including phenoxy) is 2. The maximum absolute atomic E-state index is 12.7. The summed E-state index contributed by atoms with van der Waals surface area (Å²) in [6.45, 7) is 5.61. The Bertz CT molecular complexity index is 1060. The zero-order chi connectivity index (χ0) is 44.1. The van der Waals surface area contributed by atoms with E-state index < -0.39 is 13.9 Å². The number of hydrogen-bond acceptors (Lipinski definition) is 6. The van der Waals surface area contributed by atoms with E-state index in [0.29, 0.717) is 24.1 Å². The fraction of sp³-hybridized carbons (Fsp3) is 0.863. The van der Waals surface area contributed by atoms with E-state index >= 15 is 0 Å². The van der Waals surface area contributed by atoms with E-state index in [0.717, 1.165) is 51.4 Å². The van der Waals surface area contributed by atoms with Crippen LogP contribution in [-0.4, -0.2) is 75.6 Å². The molecule has 0 aromatic carbocycles. The van der Waals surface area contributed by atoms with Crippen LogP contribution in [0.15, 0.2) is 36.5 Å². The summed E-state index contributed by atoms with van der Waals surface area (Å²) in [6.07, 6.45) is 53.3. The quantitative estimate of drug-likeness (QED) is 0.0214. The first-order valence-electron chi connectivity index (χ1n) is 25.2. The lowest BCUT2D eigenvalue weighted by atomic mass is 10.0. The van der Waals surface area contributed by atoms with Gasteiger partial charge in [-0.05, 0) is 70.6 Å². The molecule has 60 heavy (non-hydrogen) atoms. The number of nitrogens with zero attached hydrogens (tertiary/aromatic N) is 1. The molecule has 0 radical (unpaired) electrons. The van der Waals surface area contributed by atoms with Crippen LogP contribution in [0.5, 0.6) is 0 Å². The molecule has 0 saturated heterocycles. The highest BCUT2D eigenvalue weighted by atomic mass is 31.2. The molecular weight excluding hydrogens is 770 g/mol. The minimum Gasteiger partial charge on any atom is -0.457 e. The zero-order valence-corrected chi connectivity index (χ0v) is 41.1. The summed E-state index contributed by atoms with van der Waals surface area (Å²) in [5, 5.41) is 0. The van der Waals surface area contributed by atoms with Gasteiger partial charge in [0.2, 0.25) is 0 Å². The van der Waals surface area contributed by atoms with E-state index in [1.54, 1.807) is 0 Å². The van der Waals surface area contributed by atoms with Gasteiger partial charge < -0.3 is 18.9 Å². The second-order valence-corrected chi connectivity index (χ2v) is 19.6. The fourth-order valence-corrected chi connectivity index (χ4v) is 7.73. The van der Waals surface area contributed by atoms with Gasteiger partial charge in [0.25, 0.3) is 0 Å². The molecule has 0 rings (SSSR count). The highest BCUT2D eigenvalue weighted by molar-refractivity contribution is 7.47. The number of quaternary nitrogens is 1. The highest BCUT2D eigenvalue weighted by Crippen LogP contribution is 2.43. The van der Waals surface area contributed by atoms with Gasteiger partial charge in [-0.3, -0.25) is 13.8 Å². The topological polar surface area (TPSA) is 91.3 Å². The van der Waals surface area contributed by atoms with Gasteiger partial charge in [0.05, 0.1) is 34.4 Å². The summed E-state index contributed by atoms with van der Waals surface area (Å²) in [4.78, 5) is 22.9. The van der Waals surface area contributed by atoms with E-state index in [2.05, 4.69) is 50.3 Å². The van der Waals surface area contributed by atoms with Gasteiger partial charge in [0.15, 0.2) is 0 Å². The minimum atomic E-state index is -4.28. The molecule has 0 aromatic rings. The third-order valence-corrected chi connectivity index (χ3v) is 11.9. The van der Waals surface area contributed by atoms with Crippen LogP contribution in [-0.2, 0) is 27.9 Å². The number of likely N-dealkylation sites (N-methyl/N-ethyl adjacent to an activating group) is 1. The lowest BCUT2D eigenvalue weighted by Crippen LogP contribution is -2.37. The van der Waals surface area contributed by atoms with Crippen LogP contribution in [0, 0.1) is 0 Å². The molecule has 1 N–H and O–H groups in total. The maximum atomic E-state index is 12.7. The van der Waals surface area contributed by atoms with Crippen molar-refractivity contribution in [2.24, 2.45) is 0 Å². The van der Waals surface area contributed by atoms with Gasteiger partial charge >= 0.3 is 13.8 Å². The molecule has 0 amide bonds. The normalized spacial score (nSPS) is 13.9. The number of rotatable bonds is 47. The van der Waals surface area contributed by atoms with Gasteiger partial charge in [0.1, 0.15) is 19.3 Å². The van der Waals surface area contributed by atoms with Crippen molar-refractivity contribution in [1.29, 1.82) is 0 Å². The molecule has 0 spiro atoms. The van der Waals surface area contributed by atoms with Crippen LogP contribution >= 0.6 is 7.82 Å².